The summed E-state index contributed by atoms with van der Waals surface area (Å²) in [5.74, 6) is 1.36. The number of hydrazone groups is 1. The zero-order chi connectivity index (χ0) is 23.2. The Morgan fingerprint density at radius 2 is 1.52 bits per heavy atom. The maximum atomic E-state index is 12.5. The van der Waals surface area contributed by atoms with Crippen LogP contribution < -0.4 is 24.5 Å². The number of nitrogens with zero attached hydrogens (tertiary/aromatic N) is 2. The second-order valence-electron chi connectivity index (χ2n) is 7.19. The monoisotopic (exact) mass is 463 g/mol. The van der Waals surface area contributed by atoms with Gasteiger partial charge >= 0.3 is 0 Å². The number of amides is 1. The van der Waals surface area contributed by atoms with Crippen LogP contribution in [0.15, 0.2) is 75.6 Å². The molecule has 1 heterocycles. The van der Waals surface area contributed by atoms with E-state index < -0.39 is 0 Å². The van der Waals surface area contributed by atoms with Crippen LogP contribution in [0.2, 0.25) is 0 Å². The molecule has 170 valence electrons. The topological polar surface area (TPSA) is 72.4 Å². The number of benzene rings is 3. The number of para-hydroxylation sites is 2. The second kappa shape index (κ2) is 10.3. The van der Waals surface area contributed by atoms with Gasteiger partial charge in [-0.1, -0.05) is 36.0 Å². The molecule has 8 heteroatoms. The van der Waals surface area contributed by atoms with Gasteiger partial charge in [-0.05, 0) is 36.4 Å². The summed E-state index contributed by atoms with van der Waals surface area (Å²) in [5.41, 5.74) is 5.53. The van der Waals surface area contributed by atoms with Crippen molar-refractivity contribution in [3.8, 4) is 17.2 Å². The van der Waals surface area contributed by atoms with Gasteiger partial charge in [-0.3, -0.25) is 4.79 Å². The van der Waals surface area contributed by atoms with Crippen LogP contribution in [0.3, 0.4) is 0 Å². The lowest BCUT2D eigenvalue weighted by Gasteiger charge is -2.32. The van der Waals surface area contributed by atoms with E-state index in [9.17, 15) is 4.79 Å². The number of carbonyl (C=O) groups is 1. The highest BCUT2D eigenvalue weighted by molar-refractivity contribution is 7.99. The Labute approximate surface area is 197 Å². The average Bonchev–Trinajstić information content (AvgIpc) is 2.85. The zero-order valence-corrected chi connectivity index (χ0v) is 19.5. The molecule has 7 nitrogen and oxygen atoms in total. The maximum Gasteiger partial charge on any atom is 0.241 e. The minimum absolute atomic E-state index is 0.174. The summed E-state index contributed by atoms with van der Waals surface area (Å²) in [6, 6.07) is 20.0. The van der Waals surface area contributed by atoms with Crippen molar-refractivity contribution in [1.82, 2.24) is 5.43 Å². The summed E-state index contributed by atoms with van der Waals surface area (Å²) in [7, 11) is 4.65. The van der Waals surface area contributed by atoms with E-state index in [4.69, 9.17) is 14.2 Å². The molecule has 1 amide bonds. The van der Waals surface area contributed by atoms with E-state index in [2.05, 4.69) is 39.7 Å². The molecular formula is C25H25N3O4S. The van der Waals surface area contributed by atoms with Crippen molar-refractivity contribution in [3.05, 3.63) is 66.2 Å². The third-order valence-corrected chi connectivity index (χ3v) is 6.31. The van der Waals surface area contributed by atoms with Gasteiger partial charge in [-0.25, -0.2) is 5.43 Å². The van der Waals surface area contributed by atoms with E-state index in [1.165, 1.54) is 9.79 Å². The van der Waals surface area contributed by atoms with Gasteiger partial charge in [0.15, 0.2) is 11.5 Å². The normalized spacial score (nSPS) is 12.2. The smallest absolute Gasteiger partial charge is 0.241 e. The van der Waals surface area contributed by atoms with Gasteiger partial charge in [0.25, 0.3) is 0 Å². The highest BCUT2D eigenvalue weighted by Crippen LogP contribution is 2.47. The first kappa shape index (κ1) is 22.5. The minimum Gasteiger partial charge on any atom is -0.493 e. The third-order valence-electron chi connectivity index (χ3n) is 5.18. The lowest BCUT2D eigenvalue weighted by Crippen LogP contribution is -2.27. The van der Waals surface area contributed by atoms with Crippen LogP contribution in [-0.2, 0) is 4.79 Å². The first-order valence-corrected chi connectivity index (χ1v) is 11.2. The SMILES string of the molecule is COc1cc(/C=N/NC(=O)CCN2c3ccccc3Sc3ccccc32)cc(OC)c1OC. The summed E-state index contributed by atoms with van der Waals surface area (Å²) in [4.78, 5) is 17.1. The molecule has 3 aromatic carbocycles. The number of methoxy groups -OCH3 is 3. The summed E-state index contributed by atoms with van der Waals surface area (Å²) in [5, 5.41) is 4.10. The van der Waals surface area contributed by atoms with Crippen LogP contribution >= 0.6 is 11.8 Å². The molecule has 0 atom stereocenters. The summed E-state index contributed by atoms with van der Waals surface area (Å²) in [6.45, 7) is 0.542. The minimum atomic E-state index is -0.174. The number of carbonyl (C=O) groups excluding carboxylic acids is 1. The second-order valence-corrected chi connectivity index (χ2v) is 8.27. The number of fused-ring (bicyclic) bond motifs is 2. The summed E-state index contributed by atoms with van der Waals surface area (Å²) < 4.78 is 16.0. The van der Waals surface area contributed by atoms with Crippen molar-refractivity contribution in [2.24, 2.45) is 5.10 Å². The molecule has 1 aliphatic heterocycles. The Balaban J connectivity index is 1.42. The maximum absolute atomic E-state index is 12.5. The van der Waals surface area contributed by atoms with E-state index >= 15 is 0 Å². The molecule has 0 fully saturated rings. The molecule has 0 saturated heterocycles. The van der Waals surface area contributed by atoms with E-state index in [-0.39, 0.29) is 5.91 Å². The Morgan fingerprint density at radius 1 is 0.939 bits per heavy atom. The molecule has 0 bridgehead atoms. The van der Waals surface area contributed by atoms with Crippen molar-refractivity contribution in [3.63, 3.8) is 0 Å². The van der Waals surface area contributed by atoms with E-state index in [1.54, 1.807) is 51.4 Å². The number of hydrogen-bond donors (Lipinski definition) is 1. The molecule has 0 saturated carbocycles. The van der Waals surface area contributed by atoms with Crippen molar-refractivity contribution < 1.29 is 19.0 Å². The van der Waals surface area contributed by atoms with E-state index in [0.717, 1.165) is 11.4 Å². The molecule has 0 spiro atoms. The van der Waals surface area contributed by atoms with Crippen LogP contribution in [0.1, 0.15) is 12.0 Å². The number of ether oxygens (including phenoxy) is 3. The fraction of sp³-hybridized carbons (Fsp3) is 0.200. The first-order valence-electron chi connectivity index (χ1n) is 10.4. The van der Waals surface area contributed by atoms with Crippen molar-refractivity contribution in [1.29, 1.82) is 0 Å². The number of nitrogens with one attached hydrogen (secondary N) is 1. The standard InChI is InChI=1S/C25H25N3O4S/c1-30-20-14-17(15-21(31-2)25(20)32-3)16-26-27-24(29)12-13-28-18-8-4-6-10-22(18)33-23-11-7-5-9-19(23)28/h4-11,14-16H,12-13H2,1-3H3,(H,27,29)/b26-16+. The molecule has 0 unspecified atom stereocenters. The van der Waals surface area contributed by atoms with E-state index in [0.29, 0.717) is 35.8 Å². The first-order chi connectivity index (χ1) is 16.1. The Kier molecular flexibility index (Phi) is 7.04. The number of rotatable bonds is 8. The predicted octanol–water partition coefficient (Wildman–Crippen LogP) is 4.86. The lowest BCUT2D eigenvalue weighted by molar-refractivity contribution is -0.120. The quantitative estimate of drug-likeness (QED) is 0.380. The number of anilines is 2. The van der Waals surface area contributed by atoms with Gasteiger partial charge in [0, 0.05) is 28.3 Å². The Hall–Kier alpha value is -3.65. The highest BCUT2D eigenvalue weighted by atomic mass is 32.2. The summed E-state index contributed by atoms with van der Waals surface area (Å²) >= 11 is 1.75. The van der Waals surface area contributed by atoms with Crippen LogP contribution in [0, 0.1) is 0 Å². The number of hydrogen-bond acceptors (Lipinski definition) is 7. The Bertz CT molecular complexity index is 1110. The average molecular weight is 464 g/mol. The molecule has 1 aliphatic rings. The Morgan fingerprint density at radius 3 is 2.06 bits per heavy atom. The predicted molar refractivity (Wildman–Crippen MR) is 130 cm³/mol. The van der Waals surface area contributed by atoms with E-state index in [1.807, 2.05) is 24.3 Å². The van der Waals surface area contributed by atoms with Crippen molar-refractivity contribution in [2.75, 3.05) is 32.8 Å². The van der Waals surface area contributed by atoms with Crippen molar-refractivity contribution in [2.45, 2.75) is 16.2 Å². The van der Waals surface area contributed by atoms with Crippen LogP contribution in [-0.4, -0.2) is 40.0 Å². The third kappa shape index (κ3) is 4.90. The molecule has 0 radical (unpaired) electrons. The molecular weight excluding hydrogens is 438 g/mol. The molecule has 0 aliphatic carbocycles. The summed E-state index contributed by atoms with van der Waals surface area (Å²) in [6.07, 6.45) is 1.84. The van der Waals surface area contributed by atoms with Gasteiger partial charge in [0.1, 0.15) is 0 Å². The van der Waals surface area contributed by atoms with Crippen LogP contribution in [0.5, 0.6) is 17.2 Å². The van der Waals surface area contributed by atoms with Gasteiger partial charge in [-0.15, -0.1) is 0 Å². The van der Waals surface area contributed by atoms with Crippen LogP contribution in [0.4, 0.5) is 11.4 Å². The van der Waals surface area contributed by atoms with Crippen LogP contribution in [0.25, 0.3) is 0 Å². The molecule has 33 heavy (non-hydrogen) atoms. The van der Waals surface area contributed by atoms with Crippen molar-refractivity contribution >= 4 is 35.3 Å². The lowest BCUT2D eigenvalue weighted by atomic mass is 10.2. The molecule has 4 rings (SSSR count). The van der Waals surface area contributed by atoms with Gasteiger partial charge in [0.05, 0.1) is 38.9 Å². The fourth-order valence-corrected chi connectivity index (χ4v) is 4.74. The molecule has 1 N–H and O–H groups in total. The molecule has 3 aromatic rings. The molecule has 0 aromatic heterocycles. The van der Waals surface area contributed by atoms with Gasteiger partial charge < -0.3 is 19.1 Å². The highest BCUT2D eigenvalue weighted by Gasteiger charge is 2.23. The van der Waals surface area contributed by atoms with Gasteiger partial charge in [-0.2, -0.15) is 5.10 Å². The zero-order valence-electron chi connectivity index (χ0n) is 18.7. The largest absolute Gasteiger partial charge is 0.493 e. The van der Waals surface area contributed by atoms with Gasteiger partial charge in [0.2, 0.25) is 11.7 Å². The fourth-order valence-electron chi connectivity index (χ4n) is 3.65.